The van der Waals surface area contributed by atoms with Crippen LogP contribution in [0.25, 0.3) is 0 Å². The summed E-state index contributed by atoms with van der Waals surface area (Å²) >= 11 is 7.20. The van der Waals surface area contributed by atoms with Crippen LogP contribution in [0.15, 0.2) is 24.5 Å². The van der Waals surface area contributed by atoms with Crippen LogP contribution in [-0.4, -0.2) is 16.5 Å². The molecule has 0 fully saturated rings. The minimum Gasteiger partial charge on any atom is -0.258 e. The first-order valence-corrected chi connectivity index (χ1v) is 6.86. The molecule has 19 heavy (non-hydrogen) atoms. The number of hydrogen-bond acceptors (Lipinski definition) is 5. The summed E-state index contributed by atoms with van der Waals surface area (Å²) in [4.78, 5) is 17.7. The standard InChI is InChI=1S/C11H10ClN4O2S/c12-11-13-6-8(19-11)7-15-5-4-14-3-1-2-9(10(14)15)16(17)18/h1-3,6H,4-5,7H2/q+1. The van der Waals surface area contributed by atoms with Gasteiger partial charge in [-0.3, -0.25) is 10.1 Å². The Bertz CT molecular complexity index is 645. The molecule has 3 rings (SSSR count). The second kappa shape index (κ2) is 4.75. The third-order valence-corrected chi connectivity index (χ3v) is 4.10. The number of hydrogen-bond donors (Lipinski definition) is 0. The van der Waals surface area contributed by atoms with Crippen LogP contribution >= 0.6 is 22.9 Å². The van der Waals surface area contributed by atoms with E-state index in [2.05, 4.69) is 4.98 Å². The van der Waals surface area contributed by atoms with Crippen molar-refractivity contribution in [2.24, 2.45) is 0 Å². The predicted molar refractivity (Wildman–Crippen MR) is 71.5 cm³/mol. The zero-order valence-electron chi connectivity index (χ0n) is 9.82. The van der Waals surface area contributed by atoms with Gasteiger partial charge in [-0.2, -0.15) is 0 Å². The molecule has 8 heteroatoms. The van der Waals surface area contributed by atoms with Crippen molar-refractivity contribution in [3.05, 3.63) is 44.0 Å². The molecule has 0 spiro atoms. The van der Waals surface area contributed by atoms with E-state index in [4.69, 9.17) is 11.6 Å². The first-order chi connectivity index (χ1) is 9.15. The lowest BCUT2D eigenvalue weighted by Crippen LogP contribution is -2.31. The van der Waals surface area contributed by atoms with Crippen LogP contribution in [0.2, 0.25) is 4.47 Å². The van der Waals surface area contributed by atoms with Gasteiger partial charge in [0.1, 0.15) is 19.6 Å². The van der Waals surface area contributed by atoms with E-state index in [0.717, 1.165) is 18.0 Å². The Kier molecular flexibility index (Phi) is 3.08. The summed E-state index contributed by atoms with van der Waals surface area (Å²) in [6.45, 7) is 2.10. The highest BCUT2D eigenvalue weighted by atomic mass is 35.5. The third kappa shape index (κ3) is 2.26. The number of pyridine rings is 1. The molecular formula is C11H10ClN4O2S+. The van der Waals surface area contributed by atoms with Crippen LogP contribution < -0.4 is 9.47 Å². The molecular weight excluding hydrogens is 288 g/mol. The van der Waals surface area contributed by atoms with E-state index < -0.39 is 0 Å². The van der Waals surface area contributed by atoms with E-state index in [1.54, 1.807) is 12.3 Å². The highest BCUT2D eigenvalue weighted by molar-refractivity contribution is 7.15. The molecule has 0 atom stereocenters. The van der Waals surface area contributed by atoms with Gasteiger partial charge >= 0.3 is 11.5 Å². The maximum atomic E-state index is 11.1. The number of halogens is 1. The fourth-order valence-electron chi connectivity index (χ4n) is 2.23. The summed E-state index contributed by atoms with van der Waals surface area (Å²) < 4.78 is 2.39. The maximum absolute atomic E-state index is 11.1. The summed E-state index contributed by atoms with van der Waals surface area (Å²) in [6.07, 6.45) is 3.58. The highest BCUT2D eigenvalue weighted by Crippen LogP contribution is 2.29. The number of rotatable bonds is 3. The van der Waals surface area contributed by atoms with Crippen molar-refractivity contribution < 1.29 is 9.49 Å². The summed E-state index contributed by atoms with van der Waals surface area (Å²) in [6, 6.07) is 3.23. The molecule has 0 saturated heterocycles. The fraction of sp³-hybridized carbons (Fsp3) is 0.273. The van der Waals surface area contributed by atoms with Crippen LogP contribution in [0.1, 0.15) is 4.88 Å². The van der Waals surface area contributed by atoms with Crippen LogP contribution in [0.3, 0.4) is 0 Å². The Morgan fingerprint density at radius 1 is 1.63 bits per heavy atom. The Balaban J connectivity index is 1.94. The molecule has 98 valence electrons. The van der Waals surface area contributed by atoms with Crippen LogP contribution in [0.5, 0.6) is 0 Å². The highest BCUT2D eigenvalue weighted by Gasteiger charge is 2.36. The molecule has 2 aromatic heterocycles. The Morgan fingerprint density at radius 2 is 2.47 bits per heavy atom. The number of nitrogens with zero attached hydrogens (tertiary/aromatic N) is 4. The number of aromatic nitrogens is 2. The first kappa shape index (κ1) is 12.3. The van der Waals surface area contributed by atoms with Crippen molar-refractivity contribution in [2.75, 3.05) is 11.4 Å². The Labute approximate surface area is 118 Å². The predicted octanol–water partition coefficient (Wildman–Crippen LogP) is 2.01. The van der Waals surface area contributed by atoms with Crippen LogP contribution in [-0.2, 0) is 13.1 Å². The van der Waals surface area contributed by atoms with Crippen molar-refractivity contribution in [1.82, 2.24) is 4.98 Å². The van der Waals surface area contributed by atoms with Crippen molar-refractivity contribution in [1.29, 1.82) is 0 Å². The summed E-state index contributed by atoms with van der Waals surface area (Å²) in [7, 11) is 0. The molecule has 6 nitrogen and oxygen atoms in total. The van der Waals surface area contributed by atoms with Gasteiger partial charge in [-0.25, -0.2) is 14.5 Å². The molecule has 0 N–H and O–H groups in total. The molecule has 0 aromatic carbocycles. The lowest BCUT2D eigenvalue weighted by atomic mass is 10.3. The normalized spacial score (nSPS) is 13.6. The fourth-order valence-corrected chi connectivity index (χ4v) is 3.22. The van der Waals surface area contributed by atoms with Gasteiger partial charge in [-0.05, 0) is 6.07 Å². The average Bonchev–Trinajstić information content (AvgIpc) is 2.97. The molecule has 0 amide bonds. The molecule has 3 heterocycles. The number of nitro groups is 1. The minimum absolute atomic E-state index is 0.135. The lowest BCUT2D eigenvalue weighted by Gasteiger charge is -2.08. The van der Waals surface area contributed by atoms with Crippen LogP contribution in [0.4, 0.5) is 11.5 Å². The largest absolute Gasteiger partial charge is 0.357 e. The summed E-state index contributed by atoms with van der Waals surface area (Å²) in [5, 5.41) is 11.1. The van der Waals surface area contributed by atoms with E-state index >= 15 is 0 Å². The van der Waals surface area contributed by atoms with Crippen molar-refractivity contribution >= 4 is 34.4 Å². The monoisotopic (exact) mass is 297 g/mol. The molecule has 2 aromatic rings. The average molecular weight is 298 g/mol. The quantitative estimate of drug-likeness (QED) is 0.494. The van der Waals surface area contributed by atoms with Crippen molar-refractivity contribution in [2.45, 2.75) is 13.1 Å². The van der Waals surface area contributed by atoms with Gasteiger partial charge in [0.05, 0.1) is 16.0 Å². The molecule has 0 saturated carbocycles. The van der Waals surface area contributed by atoms with Crippen molar-refractivity contribution in [3.8, 4) is 0 Å². The van der Waals surface area contributed by atoms with Crippen LogP contribution in [0, 0.1) is 10.1 Å². The van der Waals surface area contributed by atoms with Gasteiger partial charge in [-0.15, -0.1) is 11.3 Å². The van der Waals surface area contributed by atoms with E-state index in [-0.39, 0.29) is 10.6 Å². The van der Waals surface area contributed by atoms with Crippen molar-refractivity contribution in [3.63, 3.8) is 0 Å². The molecule has 0 unspecified atom stereocenters. The second-order valence-corrected chi connectivity index (χ2v) is 5.87. The topological polar surface area (TPSA) is 63.2 Å². The van der Waals surface area contributed by atoms with E-state index in [0.29, 0.717) is 16.8 Å². The molecule has 0 aliphatic carbocycles. The minimum atomic E-state index is -0.343. The number of fused-ring (bicyclic) bond motifs is 1. The summed E-state index contributed by atoms with van der Waals surface area (Å²) in [5.41, 5.74) is 0.135. The van der Waals surface area contributed by atoms with E-state index in [9.17, 15) is 10.1 Å². The SMILES string of the molecule is O=[N+]([O-])c1ccc[n+]2c1N(Cc1cnc(Cl)s1)CC2. The Morgan fingerprint density at radius 3 is 3.16 bits per heavy atom. The van der Waals surface area contributed by atoms with Gasteiger partial charge in [0, 0.05) is 12.3 Å². The van der Waals surface area contributed by atoms with Gasteiger partial charge in [0.25, 0.3) is 0 Å². The maximum Gasteiger partial charge on any atom is 0.357 e. The molecule has 0 radical (unpaired) electrons. The van der Waals surface area contributed by atoms with E-state index in [1.807, 2.05) is 15.7 Å². The summed E-state index contributed by atoms with van der Waals surface area (Å²) in [5.74, 6) is 0.650. The Hall–Kier alpha value is -1.73. The third-order valence-electron chi connectivity index (χ3n) is 3.00. The molecule has 1 aliphatic rings. The number of anilines is 1. The van der Waals surface area contributed by atoms with Gasteiger partial charge in [0.15, 0.2) is 4.47 Å². The smallest absolute Gasteiger partial charge is 0.258 e. The van der Waals surface area contributed by atoms with Gasteiger partial charge in [-0.1, -0.05) is 11.6 Å². The zero-order chi connectivity index (χ0) is 13.4. The molecule has 0 bridgehead atoms. The zero-order valence-corrected chi connectivity index (χ0v) is 11.4. The number of thiazole rings is 1. The van der Waals surface area contributed by atoms with E-state index in [1.165, 1.54) is 17.4 Å². The lowest BCUT2D eigenvalue weighted by molar-refractivity contribution is -0.673. The van der Waals surface area contributed by atoms with Gasteiger partial charge in [0.2, 0.25) is 0 Å². The second-order valence-electron chi connectivity index (χ2n) is 4.17. The molecule has 1 aliphatic heterocycles. The van der Waals surface area contributed by atoms with Gasteiger partial charge < -0.3 is 0 Å². The first-order valence-electron chi connectivity index (χ1n) is 5.67.